The van der Waals surface area contributed by atoms with Gasteiger partial charge in [0.15, 0.2) is 0 Å². The number of aromatic nitrogens is 1. The van der Waals surface area contributed by atoms with Gasteiger partial charge in [0, 0.05) is 56.6 Å². The summed E-state index contributed by atoms with van der Waals surface area (Å²) in [5.74, 6) is 0. The number of H-pyrrole nitrogens is 1. The molecule has 0 radical (unpaired) electrons. The third-order valence-electron chi connectivity index (χ3n) is 4.86. The van der Waals surface area contributed by atoms with E-state index in [0.29, 0.717) is 6.04 Å². The SMILES string of the molecule is CC(C)=CCN1CCN(Cc2cc3ccccc3[nH]2)C[C@@H]1CCO. The zero-order valence-corrected chi connectivity index (χ0v) is 14.8. The molecule has 1 aromatic carbocycles. The smallest absolute Gasteiger partial charge is 0.0456 e. The van der Waals surface area contributed by atoms with Gasteiger partial charge in [0.05, 0.1) is 0 Å². The Kier molecular flexibility index (Phi) is 5.72. The summed E-state index contributed by atoms with van der Waals surface area (Å²) >= 11 is 0. The van der Waals surface area contributed by atoms with Gasteiger partial charge in [0.25, 0.3) is 0 Å². The van der Waals surface area contributed by atoms with E-state index >= 15 is 0 Å². The second kappa shape index (κ2) is 7.97. The lowest BCUT2D eigenvalue weighted by Gasteiger charge is -2.41. The highest BCUT2D eigenvalue weighted by molar-refractivity contribution is 5.80. The Balaban J connectivity index is 1.64. The fourth-order valence-corrected chi connectivity index (χ4v) is 3.52. The molecule has 0 bridgehead atoms. The van der Waals surface area contributed by atoms with Crippen LogP contribution in [0.2, 0.25) is 0 Å². The van der Waals surface area contributed by atoms with Gasteiger partial charge in [-0.15, -0.1) is 0 Å². The fraction of sp³-hybridized carbons (Fsp3) is 0.500. The number of hydrogen-bond donors (Lipinski definition) is 2. The maximum Gasteiger partial charge on any atom is 0.0456 e. The Morgan fingerprint density at radius 2 is 2.12 bits per heavy atom. The van der Waals surface area contributed by atoms with E-state index in [9.17, 15) is 5.11 Å². The van der Waals surface area contributed by atoms with Crippen molar-refractivity contribution in [3.05, 3.63) is 47.7 Å². The minimum Gasteiger partial charge on any atom is -0.396 e. The molecule has 130 valence electrons. The van der Waals surface area contributed by atoms with Crippen LogP contribution >= 0.6 is 0 Å². The van der Waals surface area contributed by atoms with E-state index in [1.807, 2.05) is 0 Å². The molecule has 0 unspecified atom stereocenters. The Morgan fingerprint density at radius 3 is 2.88 bits per heavy atom. The molecule has 0 amide bonds. The average molecular weight is 327 g/mol. The third-order valence-corrected chi connectivity index (χ3v) is 4.86. The van der Waals surface area contributed by atoms with Crippen LogP contribution < -0.4 is 0 Å². The van der Waals surface area contributed by atoms with Gasteiger partial charge < -0.3 is 10.1 Å². The predicted octanol–water partition coefficient (Wildman–Crippen LogP) is 3.00. The lowest BCUT2D eigenvalue weighted by Crippen LogP contribution is -2.53. The first-order chi connectivity index (χ1) is 11.7. The molecule has 2 aromatic rings. The van der Waals surface area contributed by atoms with Crippen molar-refractivity contribution in [3.63, 3.8) is 0 Å². The molecule has 0 saturated carbocycles. The van der Waals surface area contributed by atoms with Crippen LogP contribution in [0.1, 0.15) is 26.0 Å². The van der Waals surface area contributed by atoms with Crippen molar-refractivity contribution in [2.45, 2.75) is 32.9 Å². The van der Waals surface area contributed by atoms with E-state index in [4.69, 9.17) is 0 Å². The number of fused-ring (bicyclic) bond motifs is 1. The van der Waals surface area contributed by atoms with Gasteiger partial charge in [-0.3, -0.25) is 9.80 Å². The molecule has 1 fully saturated rings. The van der Waals surface area contributed by atoms with E-state index < -0.39 is 0 Å². The number of aromatic amines is 1. The van der Waals surface area contributed by atoms with E-state index in [2.05, 4.69) is 65.0 Å². The van der Waals surface area contributed by atoms with Gasteiger partial charge in [-0.2, -0.15) is 0 Å². The molecule has 3 rings (SSSR count). The molecular weight excluding hydrogens is 298 g/mol. The molecule has 0 spiro atoms. The number of aliphatic hydroxyl groups is 1. The quantitative estimate of drug-likeness (QED) is 0.802. The molecule has 1 aliphatic rings. The van der Waals surface area contributed by atoms with E-state index in [-0.39, 0.29) is 6.61 Å². The zero-order valence-electron chi connectivity index (χ0n) is 14.8. The lowest BCUT2D eigenvalue weighted by molar-refractivity contribution is 0.0631. The Hall–Kier alpha value is -1.62. The van der Waals surface area contributed by atoms with Crippen molar-refractivity contribution >= 4 is 10.9 Å². The van der Waals surface area contributed by atoms with Gasteiger partial charge >= 0.3 is 0 Å². The van der Waals surface area contributed by atoms with Gasteiger partial charge in [-0.05, 0) is 37.8 Å². The number of piperazine rings is 1. The third kappa shape index (κ3) is 4.26. The molecular formula is C20H29N3O. The van der Waals surface area contributed by atoms with Crippen LogP contribution in [0.3, 0.4) is 0 Å². The van der Waals surface area contributed by atoms with Gasteiger partial charge in [-0.1, -0.05) is 29.8 Å². The molecule has 2 N–H and O–H groups in total. The molecule has 4 heteroatoms. The summed E-state index contributed by atoms with van der Waals surface area (Å²) in [4.78, 5) is 8.54. The van der Waals surface area contributed by atoms with E-state index in [1.165, 1.54) is 22.2 Å². The zero-order chi connectivity index (χ0) is 16.9. The first-order valence-corrected chi connectivity index (χ1v) is 8.93. The van der Waals surface area contributed by atoms with E-state index in [0.717, 1.165) is 39.1 Å². The van der Waals surface area contributed by atoms with Crippen LogP contribution in [0.15, 0.2) is 42.0 Å². The van der Waals surface area contributed by atoms with Crippen LogP contribution in [-0.2, 0) is 6.54 Å². The van der Waals surface area contributed by atoms with Crippen LogP contribution in [0.5, 0.6) is 0 Å². The summed E-state index contributed by atoms with van der Waals surface area (Å²) in [6, 6.07) is 11.1. The molecule has 1 aromatic heterocycles. The van der Waals surface area contributed by atoms with Crippen LogP contribution in [0.25, 0.3) is 10.9 Å². The van der Waals surface area contributed by atoms with Crippen molar-refractivity contribution in [1.82, 2.24) is 14.8 Å². The normalized spacial score (nSPS) is 19.7. The number of rotatable bonds is 6. The average Bonchev–Trinajstić information content (AvgIpc) is 2.96. The first kappa shape index (κ1) is 17.2. The summed E-state index contributed by atoms with van der Waals surface area (Å²) in [5.41, 5.74) is 3.84. The highest BCUT2D eigenvalue weighted by atomic mass is 16.3. The predicted molar refractivity (Wildman–Crippen MR) is 100 cm³/mol. The number of para-hydroxylation sites is 1. The summed E-state index contributed by atoms with van der Waals surface area (Å²) in [7, 11) is 0. The monoisotopic (exact) mass is 327 g/mol. The molecule has 4 nitrogen and oxygen atoms in total. The van der Waals surface area contributed by atoms with Gasteiger partial charge in [0.1, 0.15) is 0 Å². The second-order valence-corrected chi connectivity index (χ2v) is 7.06. The minimum atomic E-state index is 0.260. The largest absolute Gasteiger partial charge is 0.396 e. The highest BCUT2D eigenvalue weighted by Crippen LogP contribution is 2.19. The summed E-state index contributed by atoms with van der Waals surface area (Å²) in [5, 5.41) is 10.7. The fourth-order valence-electron chi connectivity index (χ4n) is 3.52. The Labute approximate surface area is 144 Å². The molecule has 0 aliphatic carbocycles. The van der Waals surface area contributed by atoms with Crippen LogP contribution in [0.4, 0.5) is 0 Å². The molecule has 1 aliphatic heterocycles. The van der Waals surface area contributed by atoms with Crippen molar-refractivity contribution < 1.29 is 5.11 Å². The summed E-state index contributed by atoms with van der Waals surface area (Å²) < 4.78 is 0. The number of benzene rings is 1. The highest BCUT2D eigenvalue weighted by Gasteiger charge is 2.26. The number of aliphatic hydroxyl groups excluding tert-OH is 1. The second-order valence-electron chi connectivity index (χ2n) is 7.06. The van der Waals surface area contributed by atoms with Gasteiger partial charge in [0.2, 0.25) is 0 Å². The van der Waals surface area contributed by atoms with Crippen molar-refractivity contribution in [2.24, 2.45) is 0 Å². The molecule has 2 heterocycles. The first-order valence-electron chi connectivity index (χ1n) is 8.93. The summed E-state index contributed by atoms with van der Waals surface area (Å²) in [6.45, 7) is 9.66. The molecule has 1 atom stereocenters. The number of allylic oxidation sites excluding steroid dienone is 1. The van der Waals surface area contributed by atoms with E-state index in [1.54, 1.807) is 0 Å². The lowest BCUT2D eigenvalue weighted by atomic mass is 10.1. The Morgan fingerprint density at radius 1 is 1.29 bits per heavy atom. The number of nitrogens with zero attached hydrogens (tertiary/aromatic N) is 2. The van der Waals surface area contributed by atoms with Crippen molar-refractivity contribution in [2.75, 3.05) is 32.8 Å². The van der Waals surface area contributed by atoms with Crippen molar-refractivity contribution in [1.29, 1.82) is 0 Å². The molecule has 1 saturated heterocycles. The van der Waals surface area contributed by atoms with Gasteiger partial charge in [-0.25, -0.2) is 0 Å². The minimum absolute atomic E-state index is 0.260. The summed E-state index contributed by atoms with van der Waals surface area (Å²) in [6.07, 6.45) is 3.14. The maximum absolute atomic E-state index is 9.42. The maximum atomic E-state index is 9.42. The number of nitrogens with one attached hydrogen (secondary N) is 1. The Bertz CT molecular complexity index is 654. The topological polar surface area (TPSA) is 42.5 Å². The molecule has 24 heavy (non-hydrogen) atoms. The van der Waals surface area contributed by atoms with Crippen LogP contribution in [-0.4, -0.2) is 58.7 Å². The standard InChI is InChI=1S/C20H29N3O/c1-16(2)7-9-23-11-10-22(15-19(23)8-12-24)14-18-13-17-5-3-4-6-20(17)21-18/h3-7,13,19,21,24H,8-12,14-15H2,1-2H3/t19-/m0/s1. The number of hydrogen-bond acceptors (Lipinski definition) is 3. The van der Waals surface area contributed by atoms with Crippen molar-refractivity contribution in [3.8, 4) is 0 Å². The van der Waals surface area contributed by atoms with Crippen LogP contribution in [0, 0.1) is 0 Å².